The molecule has 3 aromatic rings. The average Bonchev–Trinajstić information content (AvgIpc) is 3.29. The number of amides is 1. The minimum absolute atomic E-state index is 0.0308. The summed E-state index contributed by atoms with van der Waals surface area (Å²) < 4.78 is 1.71. The summed E-state index contributed by atoms with van der Waals surface area (Å²) in [7, 11) is 0. The highest BCUT2D eigenvalue weighted by atomic mass is 32.2. The van der Waals surface area contributed by atoms with Crippen LogP contribution >= 0.6 is 11.8 Å². The van der Waals surface area contributed by atoms with Crippen molar-refractivity contribution in [2.75, 3.05) is 5.75 Å². The molecule has 158 valence electrons. The summed E-state index contributed by atoms with van der Waals surface area (Å²) >= 11 is 1.34. The molecule has 30 heavy (non-hydrogen) atoms. The lowest BCUT2D eigenvalue weighted by Gasteiger charge is -2.15. The Morgan fingerprint density at radius 2 is 2.17 bits per heavy atom. The minimum atomic E-state index is -0.0682. The molecule has 1 aliphatic rings. The summed E-state index contributed by atoms with van der Waals surface area (Å²) in [5.41, 5.74) is 4.56. The molecule has 1 atom stereocenters. The number of nitrogens with zero attached hydrogens (tertiary/aromatic N) is 2. The van der Waals surface area contributed by atoms with Crippen LogP contribution in [0.2, 0.25) is 0 Å². The van der Waals surface area contributed by atoms with E-state index in [1.165, 1.54) is 22.9 Å². The lowest BCUT2D eigenvalue weighted by Crippen LogP contribution is -2.29. The van der Waals surface area contributed by atoms with Gasteiger partial charge < -0.3 is 10.3 Å². The molecule has 2 N–H and O–H groups in total. The molecule has 0 aliphatic heterocycles. The smallest absolute Gasteiger partial charge is 0.278 e. The van der Waals surface area contributed by atoms with Crippen molar-refractivity contribution in [2.24, 2.45) is 5.92 Å². The van der Waals surface area contributed by atoms with Gasteiger partial charge in [0, 0.05) is 12.2 Å². The fourth-order valence-electron chi connectivity index (χ4n) is 3.98. The number of H-pyrrole nitrogens is 1. The zero-order chi connectivity index (χ0) is 21.3. The van der Waals surface area contributed by atoms with Gasteiger partial charge in [-0.2, -0.15) is 0 Å². The Hall–Kier alpha value is -2.54. The van der Waals surface area contributed by atoms with Gasteiger partial charge in [-0.15, -0.1) is 0 Å². The Labute approximate surface area is 180 Å². The van der Waals surface area contributed by atoms with Crippen LogP contribution in [0.25, 0.3) is 11.0 Å². The minimum Gasteiger partial charge on any atom is -0.353 e. The number of rotatable bonds is 7. The van der Waals surface area contributed by atoms with Gasteiger partial charge in [-0.1, -0.05) is 49.9 Å². The van der Waals surface area contributed by atoms with E-state index in [0.29, 0.717) is 28.7 Å². The van der Waals surface area contributed by atoms with E-state index in [-0.39, 0.29) is 23.3 Å². The summed E-state index contributed by atoms with van der Waals surface area (Å²) in [5.74, 6) is 0.681. The number of hydrogen-bond acceptors (Lipinski definition) is 4. The molecule has 0 unspecified atom stereocenters. The largest absolute Gasteiger partial charge is 0.353 e. The topological polar surface area (TPSA) is 79.8 Å². The third-order valence-corrected chi connectivity index (χ3v) is 6.54. The molecular weight excluding hydrogens is 396 g/mol. The maximum Gasteiger partial charge on any atom is 0.278 e. The number of aromatic nitrogens is 3. The van der Waals surface area contributed by atoms with E-state index < -0.39 is 0 Å². The number of benzene rings is 1. The fraction of sp³-hybridized carbons (Fsp3) is 0.435. The number of carbonyl (C=O) groups excluding carboxylic acids is 1. The highest BCUT2D eigenvalue weighted by Gasteiger charge is 2.23. The van der Waals surface area contributed by atoms with Crippen molar-refractivity contribution in [3.05, 3.63) is 57.5 Å². The first kappa shape index (κ1) is 20.7. The van der Waals surface area contributed by atoms with Crippen molar-refractivity contribution < 1.29 is 4.79 Å². The molecule has 2 heterocycles. The molecule has 0 spiro atoms. The maximum atomic E-state index is 13.0. The summed E-state index contributed by atoms with van der Waals surface area (Å²) in [6.07, 6.45) is 2.81. The monoisotopic (exact) mass is 424 g/mol. The van der Waals surface area contributed by atoms with Crippen LogP contribution in [0, 0.1) is 12.8 Å². The first-order chi connectivity index (χ1) is 14.4. The summed E-state index contributed by atoms with van der Waals surface area (Å²) in [5, 5.41) is 3.76. The molecule has 6 nitrogen and oxygen atoms in total. The molecule has 0 fully saturated rings. The third kappa shape index (κ3) is 4.31. The van der Waals surface area contributed by atoms with Crippen molar-refractivity contribution in [1.29, 1.82) is 0 Å². The van der Waals surface area contributed by atoms with Crippen molar-refractivity contribution >= 4 is 28.7 Å². The molecule has 4 rings (SSSR count). The van der Waals surface area contributed by atoms with E-state index in [2.05, 4.69) is 41.3 Å². The van der Waals surface area contributed by atoms with E-state index in [4.69, 9.17) is 0 Å². The molecule has 1 aromatic carbocycles. The first-order valence-corrected chi connectivity index (χ1v) is 11.5. The summed E-state index contributed by atoms with van der Waals surface area (Å²) in [6, 6.07) is 10.2. The molecule has 0 saturated heterocycles. The Balaban J connectivity index is 1.50. The zero-order valence-corrected chi connectivity index (χ0v) is 18.5. The number of hydrogen-bond donors (Lipinski definition) is 2. The molecule has 2 aromatic heterocycles. The second kappa shape index (κ2) is 8.68. The Bertz CT molecular complexity index is 1130. The standard InChI is InChI=1S/C23H28N4O2S/c1-14(2)10-11-27-22(29)21-19(12-15(3)24-21)26-23(27)30-13-20(28)25-18-9-8-16-6-4-5-7-17(16)18/h4-7,12,14,18,24H,8-11,13H2,1-3H3,(H,25,28)/t18-/m1/s1. The van der Waals surface area contributed by atoms with E-state index >= 15 is 0 Å². The SMILES string of the molecule is Cc1cc2nc(SCC(=O)N[C@@H]3CCc4ccccc43)n(CCC(C)C)c(=O)c2[nH]1. The second-order valence-corrected chi connectivity index (χ2v) is 9.34. The predicted octanol–water partition coefficient (Wildman–Crippen LogP) is 3.97. The van der Waals surface area contributed by atoms with Crippen LogP contribution in [-0.4, -0.2) is 26.2 Å². The van der Waals surface area contributed by atoms with Gasteiger partial charge in [-0.05, 0) is 49.3 Å². The van der Waals surface area contributed by atoms with Crippen LogP contribution in [-0.2, 0) is 17.8 Å². The number of thioether (sulfide) groups is 1. The highest BCUT2D eigenvalue weighted by Crippen LogP contribution is 2.30. The zero-order valence-electron chi connectivity index (χ0n) is 17.7. The lowest BCUT2D eigenvalue weighted by molar-refractivity contribution is -0.119. The van der Waals surface area contributed by atoms with Gasteiger partial charge in [0.05, 0.1) is 17.3 Å². The van der Waals surface area contributed by atoms with Crippen molar-refractivity contribution in [3.63, 3.8) is 0 Å². The van der Waals surface area contributed by atoms with Gasteiger partial charge >= 0.3 is 0 Å². The van der Waals surface area contributed by atoms with Crippen LogP contribution < -0.4 is 10.9 Å². The van der Waals surface area contributed by atoms with Gasteiger partial charge in [0.25, 0.3) is 5.56 Å². The number of fused-ring (bicyclic) bond motifs is 2. The molecule has 0 bridgehead atoms. The Morgan fingerprint density at radius 3 is 2.97 bits per heavy atom. The fourth-order valence-corrected chi connectivity index (χ4v) is 4.82. The number of nitrogens with one attached hydrogen (secondary N) is 2. The molecular formula is C23H28N4O2S. The third-order valence-electron chi connectivity index (χ3n) is 5.57. The van der Waals surface area contributed by atoms with Crippen LogP contribution in [0.1, 0.15) is 49.6 Å². The number of carbonyl (C=O) groups is 1. The van der Waals surface area contributed by atoms with Crippen molar-refractivity contribution in [2.45, 2.75) is 57.8 Å². The number of aryl methyl sites for hydroxylation is 2. The van der Waals surface area contributed by atoms with E-state index in [9.17, 15) is 9.59 Å². The summed E-state index contributed by atoms with van der Waals surface area (Å²) in [4.78, 5) is 33.5. The molecule has 7 heteroatoms. The average molecular weight is 425 g/mol. The Morgan fingerprint density at radius 1 is 1.37 bits per heavy atom. The predicted molar refractivity (Wildman–Crippen MR) is 121 cm³/mol. The van der Waals surface area contributed by atoms with Gasteiger partial charge in [-0.25, -0.2) is 4.98 Å². The maximum absolute atomic E-state index is 13.0. The second-order valence-electron chi connectivity index (χ2n) is 8.39. The van der Waals surface area contributed by atoms with Gasteiger partial charge in [-0.3, -0.25) is 14.2 Å². The van der Waals surface area contributed by atoms with E-state index in [0.717, 1.165) is 25.0 Å². The summed E-state index contributed by atoms with van der Waals surface area (Å²) in [6.45, 7) is 6.78. The quantitative estimate of drug-likeness (QED) is 0.444. The number of aromatic amines is 1. The Kier molecular flexibility index (Phi) is 5.99. The molecule has 1 aliphatic carbocycles. The van der Waals surface area contributed by atoms with Crippen LogP contribution in [0.5, 0.6) is 0 Å². The van der Waals surface area contributed by atoms with Crippen molar-refractivity contribution in [1.82, 2.24) is 19.9 Å². The van der Waals surface area contributed by atoms with Gasteiger partial charge in [0.2, 0.25) is 5.91 Å². The van der Waals surface area contributed by atoms with Gasteiger partial charge in [0.15, 0.2) is 5.16 Å². The highest BCUT2D eigenvalue weighted by molar-refractivity contribution is 7.99. The van der Waals surface area contributed by atoms with Gasteiger partial charge in [0.1, 0.15) is 5.52 Å². The molecule has 0 radical (unpaired) electrons. The van der Waals surface area contributed by atoms with Crippen LogP contribution in [0.4, 0.5) is 0 Å². The normalized spacial score (nSPS) is 15.7. The molecule has 1 amide bonds. The van der Waals surface area contributed by atoms with E-state index in [1.807, 2.05) is 25.1 Å². The van der Waals surface area contributed by atoms with Crippen molar-refractivity contribution in [3.8, 4) is 0 Å². The molecule has 0 saturated carbocycles. The lowest BCUT2D eigenvalue weighted by atomic mass is 10.1. The van der Waals surface area contributed by atoms with Crippen LogP contribution in [0.15, 0.2) is 40.3 Å². The first-order valence-electron chi connectivity index (χ1n) is 10.5. The van der Waals surface area contributed by atoms with Crippen LogP contribution in [0.3, 0.4) is 0 Å². The van der Waals surface area contributed by atoms with E-state index in [1.54, 1.807) is 4.57 Å².